The predicted molar refractivity (Wildman–Crippen MR) is 81.6 cm³/mol. The molecule has 0 spiro atoms. The van der Waals surface area contributed by atoms with E-state index in [1.807, 2.05) is 51.1 Å². The van der Waals surface area contributed by atoms with Gasteiger partial charge in [-0.25, -0.2) is 4.98 Å². The Labute approximate surface area is 110 Å². The standard InChI is InChI=1S/C15H15N.C2H6/c1-3-12(2)8-10-14-11-9-13-6-4-5-7-15(13)16-14;1-2/h3-11H,1-2H3;1-2H3/b10-8+,12-3+;. The SMILES string of the molecule is C/C=C(C)/C=C/c1ccc2ccccc2n1.CC. The second kappa shape index (κ2) is 7.44. The molecule has 1 heteroatoms. The predicted octanol–water partition coefficient (Wildman–Crippen LogP) is 5.24. The number of aromatic nitrogens is 1. The van der Waals surface area contributed by atoms with Crippen LogP contribution >= 0.6 is 0 Å². The molecule has 0 atom stereocenters. The molecule has 0 fully saturated rings. The van der Waals surface area contributed by atoms with Crippen molar-refractivity contribution in [3.63, 3.8) is 0 Å². The van der Waals surface area contributed by atoms with Crippen molar-refractivity contribution >= 4 is 17.0 Å². The summed E-state index contributed by atoms with van der Waals surface area (Å²) in [6.45, 7) is 8.12. The zero-order valence-corrected chi connectivity index (χ0v) is 11.6. The number of fused-ring (bicyclic) bond motifs is 1. The fraction of sp³-hybridized carbons (Fsp3) is 0.235. The Morgan fingerprint density at radius 3 is 2.50 bits per heavy atom. The molecule has 2 rings (SSSR count). The van der Waals surface area contributed by atoms with Crippen LogP contribution in [0.15, 0.2) is 54.1 Å². The molecule has 1 nitrogen and oxygen atoms in total. The monoisotopic (exact) mass is 239 g/mol. The summed E-state index contributed by atoms with van der Waals surface area (Å²) in [7, 11) is 0. The molecule has 94 valence electrons. The molecule has 0 unspecified atom stereocenters. The summed E-state index contributed by atoms with van der Waals surface area (Å²) in [4.78, 5) is 4.57. The van der Waals surface area contributed by atoms with E-state index >= 15 is 0 Å². The lowest BCUT2D eigenvalue weighted by Crippen LogP contribution is -1.82. The molecule has 18 heavy (non-hydrogen) atoms. The number of hydrogen-bond donors (Lipinski definition) is 0. The molecule has 1 aromatic heterocycles. The van der Waals surface area contributed by atoms with Gasteiger partial charge in [-0.2, -0.15) is 0 Å². The molecule has 2 aromatic rings. The number of nitrogens with zero attached hydrogens (tertiary/aromatic N) is 1. The first kappa shape index (κ1) is 14.2. The third kappa shape index (κ3) is 3.85. The van der Waals surface area contributed by atoms with Gasteiger partial charge in [0.15, 0.2) is 0 Å². The van der Waals surface area contributed by atoms with E-state index in [0.29, 0.717) is 0 Å². The average molecular weight is 239 g/mol. The van der Waals surface area contributed by atoms with Crippen molar-refractivity contribution < 1.29 is 0 Å². The molecule has 1 aromatic carbocycles. The summed E-state index contributed by atoms with van der Waals surface area (Å²) in [5.74, 6) is 0. The van der Waals surface area contributed by atoms with Crippen LogP contribution in [0.25, 0.3) is 17.0 Å². The van der Waals surface area contributed by atoms with E-state index in [1.54, 1.807) is 0 Å². The Morgan fingerprint density at radius 1 is 1.06 bits per heavy atom. The summed E-state index contributed by atoms with van der Waals surface area (Å²) in [6.07, 6.45) is 6.20. The zero-order valence-electron chi connectivity index (χ0n) is 11.6. The Hall–Kier alpha value is -1.89. The third-order valence-corrected chi connectivity index (χ3v) is 2.59. The van der Waals surface area contributed by atoms with Gasteiger partial charge in [-0.15, -0.1) is 0 Å². The van der Waals surface area contributed by atoms with Crippen molar-refractivity contribution in [1.29, 1.82) is 0 Å². The van der Waals surface area contributed by atoms with Crippen molar-refractivity contribution in [2.45, 2.75) is 27.7 Å². The molecule has 0 aliphatic rings. The van der Waals surface area contributed by atoms with E-state index in [9.17, 15) is 0 Å². The Kier molecular flexibility index (Phi) is 5.86. The maximum atomic E-state index is 4.57. The van der Waals surface area contributed by atoms with Gasteiger partial charge in [0, 0.05) is 5.39 Å². The van der Waals surface area contributed by atoms with Crippen LogP contribution in [-0.4, -0.2) is 4.98 Å². The minimum absolute atomic E-state index is 1.000. The van der Waals surface area contributed by atoms with Crippen molar-refractivity contribution in [2.24, 2.45) is 0 Å². The molecule has 0 saturated carbocycles. The van der Waals surface area contributed by atoms with Crippen molar-refractivity contribution in [1.82, 2.24) is 4.98 Å². The maximum Gasteiger partial charge on any atom is 0.0709 e. The van der Waals surface area contributed by atoms with Crippen LogP contribution in [0, 0.1) is 0 Å². The molecule has 0 aliphatic heterocycles. The summed E-state index contributed by atoms with van der Waals surface area (Å²) in [5.41, 5.74) is 3.29. The highest BCUT2D eigenvalue weighted by Gasteiger charge is 1.93. The van der Waals surface area contributed by atoms with Crippen molar-refractivity contribution in [3.8, 4) is 0 Å². The van der Waals surface area contributed by atoms with Crippen molar-refractivity contribution in [2.75, 3.05) is 0 Å². The Morgan fingerprint density at radius 2 is 1.78 bits per heavy atom. The number of allylic oxidation sites excluding steroid dienone is 3. The molecule has 0 radical (unpaired) electrons. The van der Waals surface area contributed by atoms with Crippen LogP contribution in [0.5, 0.6) is 0 Å². The van der Waals surface area contributed by atoms with Gasteiger partial charge < -0.3 is 0 Å². The first-order chi connectivity index (χ1) is 8.79. The fourth-order valence-electron chi connectivity index (χ4n) is 1.49. The highest BCUT2D eigenvalue weighted by atomic mass is 14.7. The lowest BCUT2D eigenvalue weighted by molar-refractivity contribution is 1.36. The maximum absolute atomic E-state index is 4.57. The molecule has 0 saturated heterocycles. The highest BCUT2D eigenvalue weighted by Crippen LogP contribution is 2.13. The minimum Gasteiger partial charge on any atom is -0.248 e. The largest absolute Gasteiger partial charge is 0.248 e. The summed E-state index contributed by atoms with van der Waals surface area (Å²) >= 11 is 0. The first-order valence-corrected chi connectivity index (χ1v) is 6.46. The minimum atomic E-state index is 1.000. The summed E-state index contributed by atoms with van der Waals surface area (Å²) in [5, 5.41) is 1.18. The second-order valence-corrected chi connectivity index (χ2v) is 3.79. The van der Waals surface area contributed by atoms with Gasteiger partial charge in [-0.05, 0) is 32.1 Å². The number of rotatable bonds is 2. The molecular formula is C17H21N. The Balaban J connectivity index is 0.000000771. The van der Waals surface area contributed by atoms with Gasteiger partial charge in [-0.1, -0.05) is 55.8 Å². The highest BCUT2D eigenvalue weighted by molar-refractivity contribution is 5.79. The van der Waals surface area contributed by atoms with Crippen LogP contribution in [0.4, 0.5) is 0 Å². The number of hydrogen-bond acceptors (Lipinski definition) is 1. The van der Waals surface area contributed by atoms with Crippen LogP contribution in [0.1, 0.15) is 33.4 Å². The molecule has 0 bridgehead atoms. The fourth-order valence-corrected chi connectivity index (χ4v) is 1.49. The van der Waals surface area contributed by atoms with Gasteiger partial charge >= 0.3 is 0 Å². The molecule has 0 amide bonds. The van der Waals surface area contributed by atoms with E-state index in [1.165, 1.54) is 11.0 Å². The lowest BCUT2D eigenvalue weighted by Gasteiger charge is -1.98. The quantitative estimate of drug-likeness (QED) is 0.653. The van der Waals surface area contributed by atoms with Gasteiger partial charge in [0.25, 0.3) is 0 Å². The number of para-hydroxylation sites is 1. The molecule has 0 aliphatic carbocycles. The number of pyridine rings is 1. The van der Waals surface area contributed by atoms with E-state index in [-0.39, 0.29) is 0 Å². The van der Waals surface area contributed by atoms with Gasteiger partial charge in [0.1, 0.15) is 0 Å². The van der Waals surface area contributed by atoms with Crippen LogP contribution < -0.4 is 0 Å². The molecule has 1 heterocycles. The first-order valence-electron chi connectivity index (χ1n) is 6.46. The van der Waals surface area contributed by atoms with E-state index < -0.39 is 0 Å². The van der Waals surface area contributed by atoms with E-state index in [4.69, 9.17) is 0 Å². The van der Waals surface area contributed by atoms with Crippen LogP contribution in [0.3, 0.4) is 0 Å². The average Bonchev–Trinajstić information content (AvgIpc) is 2.46. The van der Waals surface area contributed by atoms with Crippen LogP contribution in [0.2, 0.25) is 0 Å². The Bertz CT molecular complexity index is 550. The normalized spacial score (nSPS) is 11.4. The van der Waals surface area contributed by atoms with Crippen molar-refractivity contribution in [3.05, 3.63) is 59.8 Å². The lowest BCUT2D eigenvalue weighted by atomic mass is 10.2. The third-order valence-electron chi connectivity index (χ3n) is 2.59. The van der Waals surface area contributed by atoms with Gasteiger partial charge in [0.2, 0.25) is 0 Å². The summed E-state index contributed by atoms with van der Waals surface area (Å²) in [6, 6.07) is 12.3. The van der Waals surface area contributed by atoms with Gasteiger partial charge in [0.05, 0.1) is 11.2 Å². The van der Waals surface area contributed by atoms with E-state index in [0.717, 1.165) is 11.2 Å². The number of benzene rings is 1. The second-order valence-electron chi connectivity index (χ2n) is 3.79. The topological polar surface area (TPSA) is 12.9 Å². The summed E-state index contributed by atoms with van der Waals surface area (Å²) < 4.78 is 0. The molecular weight excluding hydrogens is 218 g/mol. The van der Waals surface area contributed by atoms with Gasteiger partial charge in [-0.3, -0.25) is 0 Å². The molecule has 0 N–H and O–H groups in total. The zero-order chi connectivity index (χ0) is 13.4. The van der Waals surface area contributed by atoms with Crippen LogP contribution in [-0.2, 0) is 0 Å². The van der Waals surface area contributed by atoms with E-state index in [2.05, 4.69) is 36.2 Å². The smallest absolute Gasteiger partial charge is 0.0709 e.